The van der Waals surface area contributed by atoms with Gasteiger partial charge in [0.2, 0.25) is 10.0 Å². The largest absolute Gasteiger partial charge is 0.262 e. The first-order valence-electron chi connectivity index (χ1n) is 8.00. The van der Waals surface area contributed by atoms with Gasteiger partial charge in [-0.1, -0.05) is 35.6 Å². The van der Waals surface area contributed by atoms with Crippen LogP contribution in [0.1, 0.15) is 11.1 Å². The van der Waals surface area contributed by atoms with E-state index in [1.807, 2.05) is 18.2 Å². The van der Waals surface area contributed by atoms with Crippen molar-refractivity contribution in [2.75, 3.05) is 0 Å². The van der Waals surface area contributed by atoms with E-state index in [-0.39, 0.29) is 4.90 Å². The normalized spacial score (nSPS) is 11.2. The number of nitrogens with zero attached hydrogens (tertiary/aromatic N) is 4. The van der Waals surface area contributed by atoms with Crippen LogP contribution in [0.25, 0.3) is 16.9 Å². The number of fused-ring (bicyclic) bond motifs is 1. The summed E-state index contributed by atoms with van der Waals surface area (Å²) in [5.41, 5.74) is 3.26. The summed E-state index contributed by atoms with van der Waals surface area (Å²) in [4.78, 5) is 8.40. The fourth-order valence-corrected chi connectivity index (χ4v) is 3.15. The number of aromatic nitrogens is 4. The average molecular weight is 410 g/mol. The van der Waals surface area contributed by atoms with Gasteiger partial charge in [0.15, 0.2) is 5.65 Å². The van der Waals surface area contributed by atoms with Crippen molar-refractivity contribution in [1.82, 2.24) is 19.6 Å². The van der Waals surface area contributed by atoms with Crippen LogP contribution in [-0.4, -0.2) is 28.0 Å². The molecule has 28 heavy (non-hydrogen) atoms. The molecule has 3 aromatic heterocycles. The fraction of sp³-hybridized carbons (Fsp3) is 0. The second kappa shape index (κ2) is 7.05. The Morgan fingerprint density at radius 2 is 1.82 bits per heavy atom. The molecule has 4 rings (SSSR count). The molecule has 9 heteroatoms. The van der Waals surface area contributed by atoms with Gasteiger partial charge in [-0.25, -0.2) is 23.1 Å². The predicted octanol–water partition coefficient (Wildman–Crippen LogP) is 2.49. The third kappa shape index (κ3) is 3.73. The van der Waals surface area contributed by atoms with Gasteiger partial charge in [0.1, 0.15) is 4.90 Å². The molecule has 0 aliphatic heterocycles. The zero-order valence-electron chi connectivity index (χ0n) is 14.2. The molecule has 0 aliphatic carbocycles. The summed E-state index contributed by atoms with van der Waals surface area (Å²) in [5, 5.41) is 10.0. The van der Waals surface area contributed by atoms with Crippen molar-refractivity contribution in [3.63, 3.8) is 0 Å². The second-order valence-corrected chi connectivity index (χ2v) is 7.85. The van der Waals surface area contributed by atoms with E-state index < -0.39 is 10.0 Å². The molecule has 2 N–H and O–H groups in total. The maximum Gasteiger partial charge on any atom is 0.239 e. The summed E-state index contributed by atoms with van der Waals surface area (Å²) in [6.45, 7) is 0. The summed E-state index contributed by atoms with van der Waals surface area (Å²) in [6.07, 6.45) is 6.02. The van der Waals surface area contributed by atoms with Crippen LogP contribution in [0, 0.1) is 11.8 Å². The molecule has 0 saturated carbocycles. The van der Waals surface area contributed by atoms with Crippen LogP contribution in [0.3, 0.4) is 0 Å². The number of sulfonamides is 1. The highest BCUT2D eigenvalue weighted by Crippen LogP contribution is 2.21. The highest BCUT2D eigenvalue weighted by molar-refractivity contribution is 7.89. The smallest absolute Gasteiger partial charge is 0.239 e. The first kappa shape index (κ1) is 18.1. The Hall–Kier alpha value is -3.25. The van der Waals surface area contributed by atoms with Crippen LogP contribution in [-0.2, 0) is 10.0 Å². The third-order valence-corrected chi connectivity index (χ3v) is 5.02. The Morgan fingerprint density at radius 1 is 1.04 bits per heavy atom. The van der Waals surface area contributed by atoms with Gasteiger partial charge in [0, 0.05) is 34.7 Å². The van der Waals surface area contributed by atoms with Gasteiger partial charge in [-0.15, -0.1) is 0 Å². The van der Waals surface area contributed by atoms with E-state index in [9.17, 15) is 8.42 Å². The second-order valence-electron chi connectivity index (χ2n) is 5.85. The topological polar surface area (TPSA) is 103 Å². The first-order valence-corrected chi connectivity index (χ1v) is 9.93. The number of benzene rings is 1. The molecule has 3 heterocycles. The monoisotopic (exact) mass is 409 g/mol. The number of pyridine rings is 1. The zero-order chi connectivity index (χ0) is 19.7. The average Bonchev–Trinajstić information content (AvgIpc) is 3.09. The van der Waals surface area contributed by atoms with Crippen LogP contribution < -0.4 is 5.14 Å². The highest BCUT2D eigenvalue weighted by Gasteiger charge is 2.09. The van der Waals surface area contributed by atoms with Gasteiger partial charge >= 0.3 is 0 Å². The van der Waals surface area contributed by atoms with E-state index >= 15 is 0 Å². The van der Waals surface area contributed by atoms with Crippen molar-refractivity contribution < 1.29 is 8.42 Å². The minimum Gasteiger partial charge on any atom is -0.262 e. The Balaban J connectivity index is 1.74. The van der Waals surface area contributed by atoms with E-state index in [1.54, 1.807) is 29.0 Å². The SMILES string of the molecule is NS(=O)(=O)c1cncc(C#Cc2cnn3ccc(-c4ccc(Cl)cc4)nc23)c1. The van der Waals surface area contributed by atoms with Crippen LogP contribution in [0.15, 0.2) is 66.1 Å². The molecule has 0 fully saturated rings. The summed E-state index contributed by atoms with van der Waals surface area (Å²) in [5.74, 6) is 5.83. The minimum atomic E-state index is -3.84. The van der Waals surface area contributed by atoms with Crippen molar-refractivity contribution in [2.24, 2.45) is 5.14 Å². The Kier molecular flexibility index (Phi) is 4.57. The molecular weight excluding hydrogens is 398 g/mol. The lowest BCUT2D eigenvalue weighted by atomic mass is 10.1. The summed E-state index contributed by atoms with van der Waals surface area (Å²) in [7, 11) is -3.84. The molecule has 0 aliphatic rings. The van der Waals surface area contributed by atoms with Crippen molar-refractivity contribution in [2.45, 2.75) is 4.90 Å². The van der Waals surface area contributed by atoms with Crippen LogP contribution in [0.5, 0.6) is 0 Å². The van der Waals surface area contributed by atoms with Crippen molar-refractivity contribution in [3.8, 4) is 23.1 Å². The van der Waals surface area contributed by atoms with Crippen LogP contribution >= 0.6 is 11.6 Å². The molecule has 0 unspecified atom stereocenters. The van der Waals surface area contributed by atoms with Crippen LogP contribution in [0.2, 0.25) is 5.02 Å². The standard InChI is InChI=1S/C19H12ClN5O2S/c20-16-5-3-14(4-6-16)18-7-8-25-19(24-18)15(11-23-25)2-1-13-9-17(12-22-10-13)28(21,26)27/h3-12H,(H2,21,26,27). The van der Waals surface area contributed by atoms with E-state index in [4.69, 9.17) is 16.7 Å². The number of rotatable bonds is 2. The third-order valence-electron chi connectivity index (χ3n) is 3.89. The van der Waals surface area contributed by atoms with Crippen molar-refractivity contribution in [3.05, 3.63) is 77.3 Å². The van der Waals surface area contributed by atoms with Gasteiger partial charge in [0.05, 0.1) is 17.5 Å². The fourth-order valence-electron chi connectivity index (χ4n) is 2.52. The molecule has 0 saturated heterocycles. The minimum absolute atomic E-state index is 0.0951. The summed E-state index contributed by atoms with van der Waals surface area (Å²) < 4.78 is 24.5. The number of nitrogens with two attached hydrogens (primary N) is 1. The highest BCUT2D eigenvalue weighted by atomic mass is 35.5. The molecule has 0 atom stereocenters. The molecular formula is C19H12ClN5O2S. The maximum atomic E-state index is 11.4. The zero-order valence-corrected chi connectivity index (χ0v) is 15.8. The molecule has 0 amide bonds. The molecule has 0 spiro atoms. The Bertz CT molecular complexity index is 1350. The van der Waals surface area contributed by atoms with Crippen molar-refractivity contribution >= 4 is 27.3 Å². The lowest BCUT2D eigenvalue weighted by Gasteiger charge is -2.02. The lowest BCUT2D eigenvalue weighted by molar-refractivity contribution is 0.597. The van der Waals surface area contributed by atoms with Gasteiger partial charge < -0.3 is 0 Å². The first-order chi connectivity index (χ1) is 13.4. The molecule has 1 aromatic carbocycles. The number of halogens is 1. The molecule has 4 aromatic rings. The van der Waals surface area contributed by atoms with E-state index in [2.05, 4.69) is 26.9 Å². The maximum absolute atomic E-state index is 11.4. The van der Waals surface area contributed by atoms with Gasteiger partial charge in [-0.2, -0.15) is 5.10 Å². The number of hydrogen-bond acceptors (Lipinski definition) is 5. The molecule has 0 radical (unpaired) electrons. The predicted molar refractivity (Wildman–Crippen MR) is 105 cm³/mol. The molecule has 7 nitrogen and oxygen atoms in total. The van der Waals surface area contributed by atoms with E-state index in [0.29, 0.717) is 21.8 Å². The molecule has 138 valence electrons. The van der Waals surface area contributed by atoms with E-state index in [1.165, 1.54) is 18.5 Å². The van der Waals surface area contributed by atoms with Crippen molar-refractivity contribution in [1.29, 1.82) is 0 Å². The lowest BCUT2D eigenvalue weighted by Crippen LogP contribution is -2.12. The number of hydrogen-bond donors (Lipinski definition) is 1. The van der Waals surface area contributed by atoms with Gasteiger partial charge in [0.25, 0.3) is 0 Å². The number of primary sulfonamides is 1. The quantitative estimate of drug-likeness (QED) is 0.512. The van der Waals surface area contributed by atoms with E-state index in [0.717, 1.165) is 11.3 Å². The molecule has 0 bridgehead atoms. The summed E-state index contributed by atoms with van der Waals surface area (Å²) in [6, 6.07) is 10.6. The van der Waals surface area contributed by atoms with Crippen LogP contribution in [0.4, 0.5) is 0 Å². The summed E-state index contributed by atoms with van der Waals surface area (Å²) >= 11 is 5.94. The Labute approximate surface area is 165 Å². The Morgan fingerprint density at radius 3 is 2.57 bits per heavy atom. The van der Waals surface area contributed by atoms with Gasteiger partial charge in [-0.3, -0.25) is 4.98 Å². The van der Waals surface area contributed by atoms with Gasteiger partial charge in [-0.05, 0) is 24.3 Å².